The van der Waals surface area contributed by atoms with E-state index in [9.17, 15) is 14.0 Å². The number of benzene rings is 2. The third kappa shape index (κ3) is 5.29. The lowest BCUT2D eigenvalue weighted by Crippen LogP contribution is -2.42. The molecule has 0 aliphatic carbocycles. The van der Waals surface area contributed by atoms with E-state index < -0.39 is 5.82 Å². The van der Waals surface area contributed by atoms with Gasteiger partial charge in [0, 0.05) is 32.0 Å². The van der Waals surface area contributed by atoms with Gasteiger partial charge in [0.25, 0.3) is 11.5 Å². The van der Waals surface area contributed by atoms with Gasteiger partial charge in [0.15, 0.2) is 0 Å². The smallest absolute Gasteiger partial charge is 0.272 e. The summed E-state index contributed by atoms with van der Waals surface area (Å²) in [5, 5.41) is 7.98. The number of likely N-dealkylation sites (tertiary alicyclic amines) is 1. The Balaban J connectivity index is 1.48. The SMILES string of the molecule is COCC(C)OC1CCN(C(=O)c2cc(Cc3n[nH]c(=O)c4ccccc34)ccc2F)CC1. The number of hydrogen-bond donors (Lipinski definition) is 1. The van der Waals surface area contributed by atoms with Crippen LogP contribution in [0.2, 0.25) is 0 Å². The molecule has 33 heavy (non-hydrogen) atoms. The number of carbonyl (C=O) groups excluding carboxylic acids is 1. The molecular weight excluding hydrogens is 425 g/mol. The highest BCUT2D eigenvalue weighted by Gasteiger charge is 2.27. The molecule has 0 bridgehead atoms. The summed E-state index contributed by atoms with van der Waals surface area (Å²) >= 11 is 0. The third-order valence-electron chi connectivity index (χ3n) is 5.96. The molecule has 0 spiro atoms. The first-order valence-corrected chi connectivity index (χ1v) is 11.1. The summed E-state index contributed by atoms with van der Waals surface area (Å²) in [4.78, 5) is 26.8. The van der Waals surface area contributed by atoms with Crippen LogP contribution in [0.15, 0.2) is 47.3 Å². The van der Waals surface area contributed by atoms with Crippen molar-refractivity contribution in [3.63, 3.8) is 0 Å². The molecule has 1 fully saturated rings. The molecule has 174 valence electrons. The fourth-order valence-electron chi connectivity index (χ4n) is 4.31. The molecule has 1 N–H and O–H groups in total. The first kappa shape index (κ1) is 23.1. The number of nitrogens with zero attached hydrogens (tertiary/aromatic N) is 2. The Kier molecular flexibility index (Phi) is 7.15. The van der Waals surface area contributed by atoms with Crippen molar-refractivity contribution in [1.82, 2.24) is 15.1 Å². The van der Waals surface area contributed by atoms with Crippen molar-refractivity contribution in [3.8, 4) is 0 Å². The molecule has 1 amide bonds. The van der Waals surface area contributed by atoms with Crippen molar-refractivity contribution in [2.45, 2.75) is 38.4 Å². The number of carbonyl (C=O) groups is 1. The van der Waals surface area contributed by atoms with Gasteiger partial charge < -0.3 is 14.4 Å². The Bertz CT molecular complexity index is 1190. The zero-order valence-electron chi connectivity index (χ0n) is 18.8. The van der Waals surface area contributed by atoms with Gasteiger partial charge in [0.05, 0.1) is 35.5 Å². The molecule has 1 aromatic heterocycles. The van der Waals surface area contributed by atoms with Crippen LogP contribution in [0.25, 0.3) is 10.8 Å². The number of rotatable bonds is 7. The maximum absolute atomic E-state index is 14.6. The highest BCUT2D eigenvalue weighted by molar-refractivity contribution is 5.95. The number of methoxy groups -OCH3 is 1. The topological polar surface area (TPSA) is 84.5 Å². The molecule has 4 rings (SSSR count). The minimum atomic E-state index is -0.546. The quantitative estimate of drug-likeness (QED) is 0.593. The minimum Gasteiger partial charge on any atom is -0.382 e. The number of halogens is 1. The Morgan fingerprint density at radius 1 is 1.21 bits per heavy atom. The number of H-pyrrole nitrogens is 1. The molecule has 1 aliphatic rings. The number of hydrogen-bond acceptors (Lipinski definition) is 5. The first-order chi connectivity index (χ1) is 16.0. The minimum absolute atomic E-state index is 0.00556. The first-order valence-electron chi connectivity index (χ1n) is 11.1. The molecular formula is C25H28FN3O4. The van der Waals surface area contributed by atoms with Crippen LogP contribution in [0.5, 0.6) is 0 Å². The molecule has 3 aromatic rings. The average Bonchev–Trinajstić information content (AvgIpc) is 2.82. The summed E-state index contributed by atoms with van der Waals surface area (Å²) in [7, 11) is 1.64. The Hall–Kier alpha value is -3.10. The normalized spacial score (nSPS) is 15.7. The predicted octanol–water partition coefficient (Wildman–Crippen LogP) is 3.31. The molecule has 1 saturated heterocycles. The lowest BCUT2D eigenvalue weighted by atomic mass is 10.0. The van der Waals surface area contributed by atoms with E-state index in [-0.39, 0.29) is 29.2 Å². The number of ether oxygens (including phenoxy) is 2. The van der Waals surface area contributed by atoms with Crippen molar-refractivity contribution < 1.29 is 18.7 Å². The van der Waals surface area contributed by atoms with Gasteiger partial charge in [-0.05, 0) is 43.5 Å². The zero-order chi connectivity index (χ0) is 23.4. The van der Waals surface area contributed by atoms with Gasteiger partial charge in [0.2, 0.25) is 0 Å². The fourth-order valence-corrected chi connectivity index (χ4v) is 4.31. The van der Waals surface area contributed by atoms with Crippen molar-refractivity contribution in [1.29, 1.82) is 0 Å². The van der Waals surface area contributed by atoms with Crippen LogP contribution in [-0.4, -0.2) is 60.0 Å². The van der Waals surface area contributed by atoms with Gasteiger partial charge in [-0.1, -0.05) is 24.3 Å². The summed E-state index contributed by atoms with van der Waals surface area (Å²) in [6.07, 6.45) is 1.83. The van der Waals surface area contributed by atoms with Crippen molar-refractivity contribution in [3.05, 3.63) is 75.5 Å². The van der Waals surface area contributed by atoms with Crippen LogP contribution in [0.3, 0.4) is 0 Å². The highest BCUT2D eigenvalue weighted by Crippen LogP contribution is 2.22. The summed E-state index contributed by atoms with van der Waals surface area (Å²) in [5.74, 6) is -0.868. The number of aromatic amines is 1. The van der Waals surface area contributed by atoms with Crippen LogP contribution in [0, 0.1) is 5.82 Å². The van der Waals surface area contributed by atoms with E-state index in [2.05, 4.69) is 10.2 Å². The van der Waals surface area contributed by atoms with Crippen LogP contribution in [0.4, 0.5) is 4.39 Å². The largest absolute Gasteiger partial charge is 0.382 e. The molecule has 1 unspecified atom stereocenters. The molecule has 1 atom stereocenters. The number of piperidine rings is 1. The van der Waals surface area contributed by atoms with E-state index in [4.69, 9.17) is 9.47 Å². The van der Waals surface area contributed by atoms with Crippen LogP contribution >= 0.6 is 0 Å². The Morgan fingerprint density at radius 3 is 2.67 bits per heavy atom. The van der Waals surface area contributed by atoms with Crippen LogP contribution in [-0.2, 0) is 15.9 Å². The van der Waals surface area contributed by atoms with Gasteiger partial charge in [0.1, 0.15) is 5.82 Å². The second kappa shape index (κ2) is 10.2. The lowest BCUT2D eigenvalue weighted by molar-refractivity contribution is -0.0582. The summed E-state index contributed by atoms with van der Waals surface area (Å²) in [6, 6.07) is 11.8. The van der Waals surface area contributed by atoms with Gasteiger partial charge >= 0.3 is 0 Å². The molecule has 0 saturated carbocycles. The fraction of sp³-hybridized carbons (Fsp3) is 0.400. The van der Waals surface area contributed by atoms with Gasteiger partial charge in [-0.25, -0.2) is 9.49 Å². The summed E-state index contributed by atoms with van der Waals surface area (Å²) < 4.78 is 25.7. The molecule has 2 aromatic carbocycles. The molecule has 8 heteroatoms. The van der Waals surface area contributed by atoms with Crippen LogP contribution in [0.1, 0.15) is 41.4 Å². The van der Waals surface area contributed by atoms with E-state index in [0.29, 0.717) is 50.0 Å². The molecule has 1 aliphatic heterocycles. The number of aromatic nitrogens is 2. The summed E-state index contributed by atoms with van der Waals surface area (Å²) in [5.41, 5.74) is 1.20. The number of fused-ring (bicyclic) bond motifs is 1. The highest BCUT2D eigenvalue weighted by atomic mass is 19.1. The standard InChI is InChI=1S/C25H28FN3O4/c1-16(15-32-2)33-18-9-11-29(12-10-18)25(31)21-13-17(7-8-22(21)26)14-23-19-5-3-4-6-20(19)24(30)28-27-23/h3-8,13,16,18H,9-12,14-15H2,1-2H3,(H,28,30). The van der Waals surface area contributed by atoms with Gasteiger partial charge in [-0.3, -0.25) is 9.59 Å². The summed E-state index contributed by atoms with van der Waals surface area (Å²) in [6.45, 7) is 3.51. The lowest BCUT2D eigenvalue weighted by Gasteiger charge is -2.33. The maximum atomic E-state index is 14.6. The molecule has 7 nitrogen and oxygen atoms in total. The van der Waals surface area contributed by atoms with E-state index in [1.807, 2.05) is 19.1 Å². The van der Waals surface area contributed by atoms with E-state index in [1.54, 1.807) is 36.3 Å². The predicted molar refractivity (Wildman–Crippen MR) is 123 cm³/mol. The Morgan fingerprint density at radius 2 is 1.94 bits per heavy atom. The van der Waals surface area contributed by atoms with Gasteiger partial charge in [-0.2, -0.15) is 5.10 Å². The molecule has 0 radical (unpaired) electrons. The van der Waals surface area contributed by atoms with Crippen molar-refractivity contribution >= 4 is 16.7 Å². The Labute approximate surface area is 191 Å². The number of amides is 1. The van der Waals surface area contributed by atoms with E-state index >= 15 is 0 Å². The van der Waals surface area contributed by atoms with Crippen molar-refractivity contribution in [2.24, 2.45) is 0 Å². The van der Waals surface area contributed by atoms with Crippen molar-refractivity contribution in [2.75, 3.05) is 26.8 Å². The monoisotopic (exact) mass is 453 g/mol. The van der Waals surface area contributed by atoms with Gasteiger partial charge in [-0.15, -0.1) is 0 Å². The zero-order valence-corrected chi connectivity index (χ0v) is 18.8. The second-order valence-corrected chi connectivity index (χ2v) is 8.43. The van der Waals surface area contributed by atoms with Crippen LogP contribution < -0.4 is 5.56 Å². The molecule has 2 heterocycles. The third-order valence-corrected chi connectivity index (χ3v) is 5.96. The van der Waals surface area contributed by atoms with E-state index in [1.165, 1.54) is 6.07 Å². The average molecular weight is 454 g/mol. The van der Waals surface area contributed by atoms with E-state index in [0.717, 1.165) is 10.9 Å². The number of nitrogens with one attached hydrogen (secondary N) is 1. The maximum Gasteiger partial charge on any atom is 0.272 e. The second-order valence-electron chi connectivity index (χ2n) is 8.43.